The Labute approximate surface area is 108 Å². The summed E-state index contributed by atoms with van der Waals surface area (Å²) in [5.74, 6) is -0.812. The van der Waals surface area contributed by atoms with Gasteiger partial charge in [0, 0.05) is 18.5 Å². The minimum atomic E-state index is -0.831. The third kappa shape index (κ3) is 4.29. The number of nitrogens with one attached hydrogen (secondary N) is 2. The van der Waals surface area contributed by atoms with Crippen LogP contribution >= 0.6 is 0 Å². The van der Waals surface area contributed by atoms with E-state index in [1.165, 1.54) is 0 Å². The molecule has 0 saturated carbocycles. The summed E-state index contributed by atoms with van der Waals surface area (Å²) in [5.41, 5.74) is -0.853. The smallest absolute Gasteiger partial charge is 0.303 e. The molecule has 1 atom stereocenters. The van der Waals surface area contributed by atoms with Gasteiger partial charge in [-0.2, -0.15) is 0 Å². The normalized spacial score (nSPS) is 24.6. The van der Waals surface area contributed by atoms with E-state index in [1.54, 1.807) is 0 Å². The molecule has 0 aromatic heterocycles. The molecule has 18 heavy (non-hydrogen) atoms. The van der Waals surface area contributed by atoms with Crippen LogP contribution in [-0.4, -0.2) is 35.6 Å². The van der Waals surface area contributed by atoms with Gasteiger partial charge in [-0.25, -0.2) is 0 Å². The molecule has 0 bridgehead atoms. The van der Waals surface area contributed by atoms with E-state index in [1.807, 2.05) is 20.8 Å². The van der Waals surface area contributed by atoms with Crippen molar-refractivity contribution in [1.82, 2.24) is 10.6 Å². The molecule has 1 heterocycles. The highest BCUT2D eigenvalue weighted by atomic mass is 16.4. The van der Waals surface area contributed by atoms with Gasteiger partial charge in [-0.15, -0.1) is 0 Å². The van der Waals surface area contributed by atoms with Crippen LogP contribution in [-0.2, 0) is 9.59 Å². The minimum Gasteiger partial charge on any atom is -0.481 e. The largest absolute Gasteiger partial charge is 0.481 e. The lowest BCUT2D eigenvalue weighted by atomic mass is 9.81. The van der Waals surface area contributed by atoms with E-state index < -0.39 is 11.5 Å². The second-order valence-electron chi connectivity index (χ2n) is 6.07. The van der Waals surface area contributed by atoms with E-state index in [9.17, 15) is 9.59 Å². The van der Waals surface area contributed by atoms with Gasteiger partial charge < -0.3 is 15.7 Å². The number of hydrogen-bond acceptors (Lipinski definition) is 3. The van der Waals surface area contributed by atoms with Crippen molar-refractivity contribution in [1.29, 1.82) is 0 Å². The molecule has 1 unspecified atom stereocenters. The third-order valence-corrected chi connectivity index (χ3v) is 3.56. The number of carboxylic acids is 1. The predicted molar refractivity (Wildman–Crippen MR) is 69.3 cm³/mol. The van der Waals surface area contributed by atoms with Gasteiger partial charge in [0.05, 0.1) is 5.41 Å². The van der Waals surface area contributed by atoms with Crippen LogP contribution in [0.25, 0.3) is 0 Å². The molecule has 5 nitrogen and oxygen atoms in total. The minimum absolute atomic E-state index is 0.0186. The van der Waals surface area contributed by atoms with Gasteiger partial charge in [0.1, 0.15) is 0 Å². The second-order valence-corrected chi connectivity index (χ2v) is 6.07. The summed E-state index contributed by atoms with van der Waals surface area (Å²) in [6.45, 7) is 7.35. The molecule has 5 heteroatoms. The van der Waals surface area contributed by atoms with Gasteiger partial charge in [0.25, 0.3) is 0 Å². The van der Waals surface area contributed by atoms with Crippen molar-refractivity contribution < 1.29 is 14.7 Å². The molecule has 3 N–H and O–H groups in total. The first kappa shape index (κ1) is 15.0. The van der Waals surface area contributed by atoms with E-state index in [-0.39, 0.29) is 17.7 Å². The van der Waals surface area contributed by atoms with Crippen LogP contribution < -0.4 is 10.6 Å². The molecule has 1 aliphatic rings. The molecule has 104 valence electrons. The quantitative estimate of drug-likeness (QED) is 0.689. The third-order valence-electron chi connectivity index (χ3n) is 3.56. The summed E-state index contributed by atoms with van der Waals surface area (Å²) in [6.07, 6.45) is 2.39. The SMILES string of the molecule is CC(C)(CCC(=O)O)NC(=O)C1(C)CCCNC1. The number of carbonyl (C=O) groups excluding carboxylic acids is 1. The Kier molecular flexibility index (Phi) is 4.73. The van der Waals surface area contributed by atoms with Gasteiger partial charge in [-0.3, -0.25) is 9.59 Å². The van der Waals surface area contributed by atoms with Crippen LogP contribution in [0.4, 0.5) is 0 Å². The van der Waals surface area contributed by atoms with Crippen molar-refractivity contribution in [3.8, 4) is 0 Å². The fourth-order valence-electron chi connectivity index (χ4n) is 2.19. The Balaban J connectivity index is 2.54. The van der Waals surface area contributed by atoms with E-state index in [2.05, 4.69) is 10.6 Å². The first-order chi connectivity index (χ1) is 8.25. The molecule has 1 amide bonds. The lowest BCUT2D eigenvalue weighted by Gasteiger charge is -2.36. The van der Waals surface area contributed by atoms with Crippen molar-refractivity contribution >= 4 is 11.9 Å². The average molecular weight is 256 g/mol. The summed E-state index contributed by atoms with van der Waals surface area (Å²) in [6, 6.07) is 0. The first-order valence-electron chi connectivity index (χ1n) is 6.50. The zero-order valence-corrected chi connectivity index (χ0v) is 11.5. The number of carboxylic acid groups (broad SMARTS) is 1. The second kappa shape index (κ2) is 5.69. The highest BCUT2D eigenvalue weighted by Gasteiger charge is 2.37. The lowest BCUT2D eigenvalue weighted by Crippen LogP contribution is -2.54. The van der Waals surface area contributed by atoms with Crippen LogP contribution in [0.2, 0.25) is 0 Å². The molecule has 0 aromatic carbocycles. The molecule has 1 rings (SSSR count). The molecule has 1 saturated heterocycles. The Morgan fingerprint density at radius 3 is 2.61 bits per heavy atom. The molecule has 0 aromatic rings. The summed E-state index contributed by atoms with van der Waals surface area (Å²) in [4.78, 5) is 22.9. The monoisotopic (exact) mass is 256 g/mol. The average Bonchev–Trinajstić information content (AvgIpc) is 2.27. The maximum absolute atomic E-state index is 12.3. The van der Waals surface area contributed by atoms with Gasteiger partial charge in [-0.05, 0) is 46.6 Å². The summed E-state index contributed by atoms with van der Waals surface area (Å²) < 4.78 is 0. The van der Waals surface area contributed by atoms with Crippen LogP contribution in [0.5, 0.6) is 0 Å². The molecule has 1 fully saturated rings. The fraction of sp³-hybridized carbons (Fsp3) is 0.846. The summed E-state index contributed by atoms with van der Waals surface area (Å²) >= 11 is 0. The Bertz CT molecular complexity index is 320. The van der Waals surface area contributed by atoms with E-state index >= 15 is 0 Å². The van der Waals surface area contributed by atoms with Crippen molar-refractivity contribution in [2.45, 2.75) is 52.0 Å². The number of piperidine rings is 1. The molecule has 0 aliphatic carbocycles. The zero-order chi connectivity index (χ0) is 13.8. The van der Waals surface area contributed by atoms with Crippen molar-refractivity contribution in [2.75, 3.05) is 13.1 Å². The summed E-state index contributed by atoms with van der Waals surface area (Å²) in [7, 11) is 0. The van der Waals surface area contributed by atoms with Gasteiger partial charge in [0.2, 0.25) is 5.91 Å². The Morgan fingerprint density at radius 1 is 1.44 bits per heavy atom. The van der Waals surface area contributed by atoms with Crippen molar-refractivity contribution in [3.63, 3.8) is 0 Å². The van der Waals surface area contributed by atoms with Gasteiger partial charge >= 0.3 is 5.97 Å². The highest BCUT2D eigenvalue weighted by Crippen LogP contribution is 2.27. The van der Waals surface area contributed by atoms with Crippen LogP contribution in [0, 0.1) is 5.41 Å². The number of rotatable bonds is 5. The molecule has 0 radical (unpaired) electrons. The van der Waals surface area contributed by atoms with Crippen LogP contribution in [0.1, 0.15) is 46.5 Å². The van der Waals surface area contributed by atoms with Crippen LogP contribution in [0.15, 0.2) is 0 Å². The number of amides is 1. The van der Waals surface area contributed by atoms with E-state index in [4.69, 9.17) is 5.11 Å². The number of carbonyl (C=O) groups is 2. The van der Waals surface area contributed by atoms with E-state index in [0.29, 0.717) is 13.0 Å². The highest BCUT2D eigenvalue weighted by molar-refractivity contribution is 5.83. The summed E-state index contributed by atoms with van der Waals surface area (Å²) in [5, 5.41) is 14.9. The molecule has 0 spiro atoms. The van der Waals surface area contributed by atoms with Crippen molar-refractivity contribution in [2.24, 2.45) is 5.41 Å². The standard InChI is InChI=1S/C13H24N2O3/c1-12(2,7-5-10(16)17)15-11(18)13(3)6-4-8-14-9-13/h14H,4-9H2,1-3H3,(H,15,18)(H,16,17). The van der Waals surface area contributed by atoms with Gasteiger partial charge in [0.15, 0.2) is 0 Å². The molecular formula is C13H24N2O3. The van der Waals surface area contributed by atoms with E-state index in [0.717, 1.165) is 19.4 Å². The lowest BCUT2D eigenvalue weighted by molar-refractivity contribution is -0.138. The van der Waals surface area contributed by atoms with Gasteiger partial charge in [-0.1, -0.05) is 0 Å². The first-order valence-corrected chi connectivity index (χ1v) is 6.50. The number of aliphatic carboxylic acids is 1. The molecule has 1 aliphatic heterocycles. The zero-order valence-electron chi connectivity index (χ0n) is 11.5. The molecular weight excluding hydrogens is 232 g/mol. The maximum atomic E-state index is 12.3. The predicted octanol–water partition coefficient (Wildman–Crippen LogP) is 1.14. The maximum Gasteiger partial charge on any atom is 0.303 e. The van der Waals surface area contributed by atoms with Crippen molar-refractivity contribution in [3.05, 3.63) is 0 Å². The fourth-order valence-corrected chi connectivity index (χ4v) is 2.19. The Morgan fingerprint density at radius 2 is 2.11 bits per heavy atom. The topological polar surface area (TPSA) is 78.4 Å². The van der Waals surface area contributed by atoms with Crippen LogP contribution in [0.3, 0.4) is 0 Å². The number of hydrogen-bond donors (Lipinski definition) is 3. The Hall–Kier alpha value is -1.10.